The van der Waals surface area contributed by atoms with Crippen molar-refractivity contribution in [2.45, 2.75) is 52.9 Å². The number of nitrogens with one attached hydrogen (secondary N) is 1. The highest BCUT2D eigenvalue weighted by Crippen LogP contribution is 2.20. The lowest BCUT2D eigenvalue weighted by Crippen LogP contribution is -2.22. The van der Waals surface area contributed by atoms with Gasteiger partial charge < -0.3 is 11.1 Å². The van der Waals surface area contributed by atoms with E-state index in [1.165, 1.54) is 0 Å². The molecule has 0 spiro atoms. The summed E-state index contributed by atoms with van der Waals surface area (Å²) in [4.78, 5) is 12.2. The first-order valence-corrected chi connectivity index (χ1v) is 7.31. The predicted octanol–water partition coefficient (Wildman–Crippen LogP) is 3.99. The standard InChI is InChI=1S/C16H26N2O/c1-4-7-8-13(6-3)16(19)18-14-10-9-12(5-2)15(17)11-14/h9-11,13H,4-8,17H2,1-3H3,(H,18,19). The Hall–Kier alpha value is -1.51. The SMILES string of the molecule is CCCCC(CC)C(=O)Nc1ccc(CC)c(N)c1. The van der Waals surface area contributed by atoms with Gasteiger partial charge in [-0.25, -0.2) is 0 Å². The highest BCUT2D eigenvalue weighted by Gasteiger charge is 2.16. The van der Waals surface area contributed by atoms with Crippen LogP contribution in [0.25, 0.3) is 0 Å². The van der Waals surface area contributed by atoms with Crippen molar-refractivity contribution in [2.75, 3.05) is 11.1 Å². The fraction of sp³-hybridized carbons (Fsp3) is 0.562. The van der Waals surface area contributed by atoms with E-state index in [2.05, 4.69) is 26.1 Å². The number of unbranched alkanes of at least 4 members (excludes halogenated alkanes) is 1. The number of nitrogens with two attached hydrogens (primary N) is 1. The molecule has 0 aliphatic rings. The van der Waals surface area contributed by atoms with Crippen molar-refractivity contribution in [3.63, 3.8) is 0 Å². The Morgan fingerprint density at radius 3 is 2.58 bits per heavy atom. The largest absolute Gasteiger partial charge is 0.398 e. The molecule has 0 saturated heterocycles. The van der Waals surface area contributed by atoms with Gasteiger partial charge >= 0.3 is 0 Å². The minimum Gasteiger partial charge on any atom is -0.398 e. The molecule has 106 valence electrons. The van der Waals surface area contributed by atoms with E-state index in [1.54, 1.807) is 0 Å². The molecular weight excluding hydrogens is 236 g/mol. The first-order valence-electron chi connectivity index (χ1n) is 7.31. The number of carbonyl (C=O) groups excluding carboxylic acids is 1. The number of carbonyl (C=O) groups is 1. The van der Waals surface area contributed by atoms with Crippen LogP contribution in [-0.4, -0.2) is 5.91 Å². The van der Waals surface area contributed by atoms with Crippen LogP contribution in [0.3, 0.4) is 0 Å². The van der Waals surface area contributed by atoms with E-state index >= 15 is 0 Å². The second kappa shape index (κ2) is 7.82. The molecule has 1 amide bonds. The molecule has 19 heavy (non-hydrogen) atoms. The molecular formula is C16H26N2O. The first-order chi connectivity index (χ1) is 9.12. The summed E-state index contributed by atoms with van der Waals surface area (Å²) in [6.45, 7) is 6.28. The van der Waals surface area contributed by atoms with Crippen LogP contribution in [0.2, 0.25) is 0 Å². The summed E-state index contributed by atoms with van der Waals surface area (Å²) in [5.74, 6) is 0.214. The van der Waals surface area contributed by atoms with Crippen LogP contribution < -0.4 is 11.1 Å². The fourth-order valence-corrected chi connectivity index (χ4v) is 2.21. The number of amides is 1. The predicted molar refractivity (Wildman–Crippen MR) is 82.2 cm³/mol. The summed E-state index contributed by atoms with van der Waals surface area (Å²) in [5.41, 5.74) is 8.62. The van der Waals surface area contributed by atoms with Crippen molar-refractivity contribution in [1.29, 1.82) is 0 Å². The van der Waals surface area contributed by atoms with Crippen LogP contribution in [0, 0.1) is 5.92 Å². The molecule has 0 heterocycles. The third-order valence-corrected chi connectivity index (χ3v) is 3.56. The molecule has 1 aromatic rings. The van der Waals surface area contributed by atoms with Gasteiger partial charge in [-0.3, -0.25) is 4.79 Å². The van der Waals surface area contributed by atoms with Gasteiger partial charge in [0.05, 0.1) is 0 Å². The minimum absolute atomic E-state index is 0.104. The topological polar surface area (TPSA) is 55.1 Å². The maximum absolute atomic E-state index is 12.2. The molecule has 1 atom stereocenters. The zero-order valence-corrected chi connectivity index (χ0v) is 12.3. The molecule has 0 fully saturated rings. The summed E-state index contributed by atoms with van der Waals surface area (Å²) in [6.07, 6.45) is 4.98. The Balaban J connectivity index is 2.67. The molecule has 0 aliphatic carbocycles. The van der Waals surface area contributed by atoms with Crippen molar-refractivity contribution < 1.29 is 4.79 Å². The summed E-state index contributed by atoms with van der Waals surface area (Å²) < 4.78 is 0. The van der Waals surface area contributed by atoms with E-state index in [1.807, 2.05) is 18.2 Å². The van der Waals surface area contributed by atoms with E-state index in [0.717, 1.165) is 49.0 Å². The summed E-state index contributed by atoms with van der Waals surface area (Å²) in [5, 5.41) is 2.98. The summed E-state index contributed by atoms with van der Waals surface area (Å²) >= 11 is 0. The van der Waals surface area contributed by atoms with Gasteiger partial charge in [-0.15, -0.1) is 0 Å². The van der Waals surface area contributed by atoms with Crippen molar-refractivity contribution in [3.05, 3.63) is 23.8 Å². The van der Waals surface area contributed by atoms with Gasteiger partial charge in [0.25, 0.3) is 0 Å². The number of aryl methyl sites for hydroxylation is 1. The highest BCUT2D eigenvalue weighted by atomic mass is 16.1. The number of nitrogen functional groups attached to an aromatic ring is 1. The van der Waals surface area contributed by atoms with Gasteiger partial charge in [0, 0.05) is 17.3 Å². The maximum Gasteiger partial charge on any atom is 0.227 e. The third-order valence-electron chi connectivity index (χ3n) is 3.56. The first kappa shape index (κ1) is 15.5. The van der Waals surface area contributed by atoms with Crippen LogP contribution in [0.5, 0.6) is 0 Å². The van der Waals surface area contributed by atoms with Gasteiger partial charge in [0.1, 0.15) is 0 Å². The third kappa shape index (κ3) is 4.58. The van der Waals surface area contributed by atoms with Gasteiger partial charge in [-0.2, -0.15) is 0 Å². The zero-order valence-electron chi connectivity index (χ0n) is 12.3. The van der Waals surface area contributed by atoms with E-state index in [-0.39, 0.29) is 11.8 Å². The van der Waals surface area contributed by atoms with Gasteiger partial charge in [-0.1, -0.05) is 39.7 Å². The number of anilines is 2. The fourth-order valence-electron chi connectivity index (χ4n) is 2.21. The molecule has 3 N–H and O–H groups in total. The second-order valence-corrected chi connectivity index (χ2v) is 5.00. The van der Waals surface area contributed by atoms with Gasteiger partial charge in [0.2, 0.25) is 5.91 Å². The lowest BCUT2D eigenvalue weighted by Gasteiger charge is -2.15. The molecule has 0 aliphatic heterocycles. The molecule has 0 aromatic heterocycles. The number of hydrogen-bond donors (Lipinski definition) is 2. The molecule has 1 rings (SSSR count). The Morgan fingerprint density at radius 1 is 1.32 bits per heavy atom. The molecule has 0 saturated carbocycles. The van der Waals surface area contributed by atoms with Crippen LogP contribution in [-0.2, 0) is 11.2 Å². The van der Waals surface area contributed by atoms with Crippen LogP contribution in [0.1, 0.15) is 52.0 Å². The molecule has 0 radical (unpaired) electrons. The van der Waals surface area contributed by atoms with Crippen LogP contribution in [0.15, 0.2) is 18.2 Å². The van der Waals surface area contributed by atoms with Crippen molar-refractivity contribution in [3.8, 4) is 0 Å². The van der Waals surface area contributed by atoms with E-state index in [4.69, 9.17) is 5.73 Å². The average Bonchev–Trinajstić information content (AvgIpc) is 2.40. The van der Waals surface area contributed by atoms with Crippen molar-refractivity contribution in [1.82, 2.24) is 0 Å². The highest BCUT2D eigenvalue weighted by molar-refractivity contribution is 5.93. The lowest BCUT2D eigenvalue weighted by atomic mass is 9.98. The zero-order chi connectivity index (χ0) is 14.3. The van der Waals surface area contributed by atoms with Crippen molar-refractivity contribution >= 4 is 17.3 Å². The number of hydrogen-bond acceptors (Lipinski definition) is 2. The minimum atomic E-state index is 0.104. The van der Waals surface area contributed by atoms with Crippen molar-refractivity contribution in [2.24, 2.45) is 5.92 Å². The van der Waals surface area contributed by atoms with E-state index in [9.17, 15) is 4.79 Å². The molecule has 0 bridgehead atoms. The average molecular weight is 262 g/mol. The van der Waals surface area contributed by atoms with E-state index < -0.39 is 0 Å². The monoisotopic (exact) mass is 262 g/mol. The molecule has 3 nitrogen and oxygen atoms in total. The number of rotatable bonds is 7. The Kier molecular flexibility index (Phi) is 6.40. The smallest absolute Gasteiger partial charge is 0.227 e. The number of benzene rings is 1. The Morgan fingerprint density at radius 2 is 2.05 bits per heavy atom. The summed E-state index contributed by atoms with van der Waals surface area (Å²) in [6, 6.07) is 5.76. The molecule has 3 heteroatoms. The van der Waals surface area contributed by atoms with Gasteiger partial charge in [0.15, 0.2) is 0 Å². The van der Waals surface area contributed by atoms with Crippen LogP contribution >= 0.6 is 0 Å². The maximum atomic E-state index is 12.2. The van der Waals surface area contributed by atoms with E-state index in [0.29, 0.717) is 0 Å². The summed E-state index contributed by atoms with van der Waals surface area (Å²) in [7, 11) is 0. The quantitative estimate of drug-likeness (QED) is 0.730. The second-order valence-electron chi connectivity index (χ2n) is 5.00. The Bertz CT molecular complexity index is 415. The van der Waals surface area contributed by atoms with Crippen LogP contribution in [0.4, 0.5) is 11.4 Å². The molecule has 1 aromatic carbocycles. The van der Waals surface area contributed by atoms with Gasteiger partial charge in [-0.05, 0) is 37.0 Å². The normalized spacial score (nSPS) is 12.2. The molecule has 1 unspecified atom stereocenters. The lowest BCUT2D eigenvalue weighted by molar-refractivity contribution is -0.120. The Labute approximate surface area is 116 Å².